The molecule has 0 fully saturated rings. The highest BCUT2D eigenvalue weighted by Gasteiger charge is 2.31. The molecule has 24 heavy (non-hydrogen) atoms. The SMILES string of the molecule is CC(C)(C)c1cccc(C(=O)C(O)c2ccccc2)c1C(C)(C)C. The van der Waals surface area contributed by atoms with Crippen molar-refractivity contribution >= 4 is 5.78 Å². The predicted molar refractivity (Wildman–Crippen MR) is 99.6 cm³/mol. The van der Waals surface area contributed by atoms with Crippen molar-refractivity contribution in [1.82, 2.24) is 0 Å². The lowest BCUT2D eigenvalue weighted by Gasteiger charge is -2.32. The Hall–Kier alpha value is -1.93. The smallest absolute Gasteiger partial charge is 0.196 e. The molecule has 2 heteroatoms. The van der Waals surface area contributed by atoms with Crippen LogP contribution in [0.4, 0.5) is 0 Å². The molecule has 0 radical (unpaired) electrons. The van der Waals surface area contributed by atoms with E-state index in [-0.39, 0.29) is 16.6 Å². The van der Waals surface area contributed by atoms with Crippen LogP contribution in [-0.4, -0.2) is 10.9 Å². The zero-order valence-electron chi connectivity index (χ0n) is 15.6. The van der Waals surface area contributed by atoms with Gasteiger partial charge in [0.05, 0.1) is 0 Å². The molecule has 0 amide bonds. The van der Waals surface area contributed by atoms with E-state index in [0.717, 1.165) is 11.1 Å². The number of hydrogen-bond acceptors (Lipinski definition) is 2. The Labute approximate surface area is 145 Å². The van der Waals surface area contributed by atoms with Crippen LogP contribution in [0, 0.1) is 0 Å². The van der Waals surface area contributed by atoms with Gasteiger partial charge in [0.25, 0.3) is 0 Å². The van der Waals surface area contributed by atoms with E-state index in [0.29, 0.717) is 11.1 Å². The van der Waals surface area contributed by atoms with E-state index in [9.17, 15) is 9.90 Å². The largest absolute Gasteiger partial charge is 0.380 e. The molecular formula is C22H28O2. The first-order valence-electron chi connectivity index (χ1n) is 8.44. The Morgan fingerprint density at radius 2 is 1.42 bits per heavy atom. The summed E-state index contributed by atoms with van der Waals surface area (Å²) < 4.78 is 0. The molecule has 0 saturated carbocycles. The molecule has 2 aromatic rings. The van der Waals surface area contributed by atoms with Crippen LogP contribution in [0.5, 0.6) is 0 Å². The van der Waals surface area contributed by atoms with Crippen LogP contribution in [0.1, 0.15) is 74.7 Å². The molecule has 0 aromatic heterocycles. The quantitative estimate of drug-likeness (QED) is 0.788. The molecular weight excluding hydrogens is 296 g/mol. The van der Waals surface area contributed by atoms with Crippen molar-refractivity contribution in [2.75, 3.05) is 0 Å². The number of ketones is 1. The molecule has 0 spiro atoms. The van der Waals surface area contributed by atoms with Gasteiger partial charge in [0.2, 0.25) is 0 Å². The number of carbonyl (C=O) groups is 1. The normalized spacial score (nSPS) is 13.6. The van der Waals surface area contributed by atoms with E-state index in [1.165, 1.54) is 0 Å². The molecule has 2 aromatic carbocycles. The summed E-state index contributed by atoms with van der Waals surface area (Å²) in [5.41, 5.74) is 3.16. The fourth-order valence-corrected chi connectivity index (χ4v) is 3.12. The second-order valence-corrected chi connectivity index (χ2v) is 8.41. The summed E-state index contributed by atoms with van der Waals surface area (Å²) in [5, 5.41) is 10.6. The molecule has 0 bridgehead atoms. The second kappa shape index (κ2) is 6.52. The average Bonchev–Trinajstić information content (AvgIpc) is 2.52. The Kier molecular flexibility index (Phi) is 5.00. The van der Waals surface area contributed by atoms with E-state index in [4.69, 9.17) is 0 Å². The van der Waals surface area contributed by atoms with Crippen molar-refractivity contribution in [3.05, 3.63) is 70.8 Å². The number of carbonyl (C=O) groups excluding carboxylic acids is 1. The molecule has 0 aliphatic rings. The number of aliphatic hydroxyl groups is 1. The number of hydrogen-bond donors (Lipinski definition) is 1. The van der Waals surface area contributed by atoms with Crippen LogP contribution < -0.4 is 0 Å². The van der Waals surface area contributed by atoms with Crippen LogP contribution in [0.25, 0.3) is 0 Å². The lowest BCUT2D eigenvalue weighted by molar-refractivity contribution is 0.0745. The van der Waals surface area contributed by atoms with Crippen LogP contribution in [0.15, 0.2) is 48.5 Å². The summed E-state index contributed by atoms with van der Waals surface area (Å²) in [6.07, 6.45) is -1.14. The van der Waals surface area contributed by atoms with Gasteiger partial charge in [-0.3, -0.25) is 4.79 Å². The summed E-state index contributed by atoms with van der Waals surface area (Å²) in [5.74, 6) is -0.239. The molecule has 2 rings (SSSR count). The summed E-state index contributed by atoms with van der Waals surface area (Å²) in [6.45, 7) is 12.8. The van der Waals surface area contributed by atoms with Crippen LogP contribution in [0.3, 0.4) is 0 Å². The van der Waals surface area contributed by atoms with Gasteiger partial charge in [0, 0.05) is 5.56 Å². The van der Waals surface area contributed by atoms with Crippen LogP contribution >= 0.6 is 0 Å². The van der Waals surface area contributed by atoms with Gasteiger partial charge in [0.1, 0.15) is 6.10 Å². The highest BCUT2D eigenvalue weighted by molar-refractivity contribution is 6.01. The van der Waals surface area contributed by atoms with E-state index < -0.39 is 6.10 Å². The predicted octanol–water partition coefficient (Wildman–Crippen LogP) is 5.20. The maximum atomic E-state index is 13.0. The van der Waals surface area contributed by atoms with Crippen molar-refractivity contribution in [3.8, 4) is 0 Å². The number of benzene rings is 2. The maximum absolute atomic E-state index is 13.0. The van der Waals surface area contributed by atoms with Gasteiger partial charge in [-0.25, -0.2) is 0 Å². The summed E-state index contributed by atoms with van der Waals surface area (Å²) in [7, 11) is 0. The van der Waals surface area contributed by atoms with Gasteiger partial charge in [-0.05, 0) is 27.5 Å². The Morgan fingerprint density at radius 1 is 0.833 bits per heavy atom. The van der Waals surface area contributed by atoms with Gasteiger partial charge >= 0.3 is 0 Å². The zero-order chi connectivity index (χ0) is 18.1. The minimum absolute atomic E-state index is 0.0728. The Bertz CT molecular complexity index is 716. The third kappa shape index (κ3) is 3.76. The highest BCUT2D eigenvalue weighted by atomic mass is 16.3. The number of aliphatic hydroxyl groups excluding tert-OH is 1. The molecule has 2 nitrogen and oxygen atoms in total. The third-order valence-corrected chi connectivity index (χ3v) is 4.25. The molecule has 1 unspecified atom stereocenters. The van der Waals surface area contributed by atoms with Crippen LogP contribution in [0.2, 0.25) is 0 Å². The minimum atomic E-state index is -1.14. The molecule has 0 aliphatic heterocycles. The van der Waals surface area contributed by atoms with Gasteiger partial charge in [-0.2, -0.15) is 0 Å². The van der Waals surface area contributed by atoms with Gasteiger partial charge in [-0.15, -0.1) is 0 Å². The molecule has 128 valence electrons. The van der Waals surface area contributed by atoms with E-state index in [1.807, 2.05) is 30.3 Å². The topological polar surface area (TPSA) is 37.3 Å². The standard InChI is InChI=1S/C22H28O2/c1-21(2,3)17-14-10-13-16(18(17)22(4,5)6)20(24)19(23)15-11-8-7-9-12-15/h7-14,19,23H,1-6H3. The second-order valence-electron chi connectivity index (χ2n) is 8.41. The monoisotopic (exact) mass is 324 g/mol. The Morgan fingerprint density at radius 3 is 1.92 bits per heavy atom. The lowest BCUT2D eigenvalue weighted by atomic mass is 9.72. The fraction of sp³-hybridized carbons (Fsp3) is 0.409. The fourth-order valence-electron chi connectivity index (χ4n) is 3.12. The van der Waals surface area contributed by atoms with Crippen molar-refractivity contribution in [1.29, 1.82) is 0 Å². The van der Waals surface area contributed by atoms with Crippen molar-refractivity contribution < 1.29 is 9.90 Å². The minimum Gasteiger partial charge on any atom is -0.380 e. The molecule has 0 aliphatic carbocycles. The van der Waals surface area contributed by atoms with E-state index >= 15 is 0 Å². The van der Waals surface area contributed by atoms with Gasteiger partial charge in [-0.1, -0.05) is 90.1 Å². The molecule has 1 atom stereocenters. The first-order chi connectivity index (χ1) is 11.0. The van der Waals surface area contributed by atoms with Crippen molar-refractivity contribution in [2.24, 2.45) is 0 Å². The third-order valence-electron chi connectivity index (χ3n) is 4.25. The summed E-state index contributed by atoms with van der Waals surface area (Å²) in [6, 6.07) is 15.0. The van der Waals surface area contributed by atoms with E-state index in [2.05, 4.69) is 47.6 Å². The molecule has 0 saturated heterocycles. The summed E-state index contributed by atoms with van der Waals surface area (Å²) >= 11 is 0. The zero-order valence-corrected chi connectivity index (χ0v) is 15.6. The highest BCUT2D eigenvalue weighted by Crippen LogP contribution is 2.37. The van der Waals surface area contributed by atoms with Gasteiger partial charge in [0.15, 0.2) is 5.78 Å². The number of Topliss-reactive ketones (excluding diaryl/α,β-unsaturated/α-hetero) is 1. The maximum Gasteiger partial charge on any atom is 0.196 e. The first-order valence-corrected chi connectivity index (χ1v) is 8.44. The lowest BCUT2D eigenvalue weighted by Crippen LogP contribution is -2.26. The van der Waals surface area contributed by atoms with Crippen molar-refractivity contribution in [3.63, 3.8) is 0 Å². The number of rotatable bonds is 3. The van der Waals surface area contributed by atoms with Crippen LogP contribution in [-0.2, 0) is 10.8 Å². The Balaban J connectivity index is 2.60. The van der Waals surface area contributed by atoms with Crippen molar-refractivity contribution in [2.45, 2.75) is 58.5 Å². The first kappa shape index (κ1) is 18.4. The summed E-state index contributed by atoms with van der Waals surface area (Å²) in [4.78, 5) is 13.0. The average molecular weight is 324 g/mol. The van der Waals surface area contributed by atoms with E-state index in [1.54, 1.807) is 12.1 Å². The van der Waals surface area contributed by atoms with Gasteiger partial charge < -0.3 is 5.11 Å². The molecule has 0 heterocycles. The molecule has 1 N–H and O–H groups in total.